The minimum atomic E-state index is 0.754. The summed E-state index contributed by atoms with van der Waals surface area (Å²) < 4.78 is 3.82. The number of hydrogen-bond donors (Lipinski definition) is 0. The van der Waals surface area contributed by atoms with Crippen molar-refractivity contribution < 1.29 is 0 Å². The van der Waals surface area contributed by atoms with Gasteiger partial charge in [-0.2, -0.15) is 0 Å². The van der Waals surface area contributed by atoms with Crippen molar-refractivity contribution in [1.29, 1.82) is 0 Å². The molecule has 0 aliphatic rings. The maximum atomic E-state index is 5.84. The van der Waals surface area contributed by atoms with Crippen molar-refractivity contribution in [2.45, 2.75) is 6.92 Å². The summed E-state index contributed by atoms with van der Waals surface area (Å²) in [5.74, 6) is 0. The van der Waals surface area contributed by atoms with Crippen LogP contribution in [0.4, 0.5) is 0 Å². The first-order valence-electron chi connectivity index (χ1n) is 3.81. The fourth-order valence-corrected chi connectivity index (χ4v) is 1.88. The minimum absolute atomic E-state index is 0.754. The van der Waals surface area contributed by atoms with Gasteiger partial charge < -0.3 is 0 Å². The molecule has 0 atom stereocenters. The molecule has 1 aromatic heterocycles. The van der Waals surface area contributed by atoms with Crippen LogP contribution in [0.1, 0.15) is 5.56 Å². The van der Waals surface area contributed by atoms with Crippen LogP contribution < -0.4 is 0 Å². The highest BCUT2D eigenvalue weighted by molar-refractivity contribution is 7.03. The highest BCUT2D eigenvalue weighted by Crippen LogP contribution is 2.24. The SMILES string of the molecule is Cc1cc(Cl)ccc1-c1csnn1. The summed E-state index contributed by atoms with van der Waals surface area (Å²) in [6.45, 7) is 2.01. The fourth-order valence-electron chi connectivity index (χ4n) is 1.20. The van der Waals surface area contributed by atoms with E-state index in [4.69, 9.17) is 11.6 Å². The van der Waals surface area contributed by atoms with Crippen molar-refractivity contribution in [3.63, 3.8) is 0 Å². The molecule has 13 heavy (non-hydrogen) atoms. The monoisotopic (exact) mass is 210 g/mol. The van der Waals surface area contributed by atoms with Gasteiger partial charge in [-0.15, -0.1) is 5.10 Å². The van der Waals surface area contributed by atoms with Crippen LogP contribution in [0.2, 0.25) is 5.02 Å². The van der Waals surface area contributed by atoms with Crippen LogP contribution in [-0.2, 0) is 0 Å². The molecule has 2 nitrogen and oxygen atoms in total. The molecule has 0 aliphatic carbocycles. The zero-order chi connectivity index (χ0) is 9.26. The van der Waals surface area contributed by atoms with Crippen molar-refractivity contribution in [1.82, 2.24) is 9.59 Å². The first-order chi connectivity index (χ1) is 6.27. The summed E-state index contributed by atoms with van der Waals surface area (Å²) in [7, 11) is 0. The summed E-state index contributed by atoms with van der Waals surface area (Å²) in [5, 5.41) is 6.68. The van der Waals surface area contributed by atoms with E-state index in [0.29, 0.717) is 0 Å². The molecule has 4 heteroatoms. The molecule has 2 aromatic rings. The number of aromatic nitrogens is 2. The number of hydrogen-bond acceptors (Lipinski definition) is 3. The van der Waals surface area contributed by atoms with Crippen LogP contribution in [-0.4, -0.2) is 9.59 Å². The van der Waals surface area contributed by atoms with E-state index < -0.39 is 0 Å². The third-order valence-corrected chi connectivity index (χ3v) is 2.56. The number of aryl methyl sites for hydroxylation is 1. The fraction of sp³-hybridized carbons (Fsp3) is 0.111. The maximum Gasteiger partial charge on any atom is 0.106 e. The molecule has 0 unspecified atom stereocenters. The van der Waals surface area contributed by atoms with E-state index in [1.807, 2.05) is 30.5 Å². The van der Waals surface area contributed by atoms with Crippen LogP contribution in [0.25, 0.3) is 11.3 Å². The molecule has 66 valence electrons. The number of benzene rings is 1. The predicted octanol–water partition coefficient (Wildman–Crippen LogP) is 3.17. The molecule has 0 radical (unpaired) electrons. The Kier molecular flexibility index (Phi) is 2.29. The molecule has 0 aliphatic heterocycles. The minimum Gasteiger partial charge on any atom is -0.138 e. The average molecular weight is 211 g/mol. The third-order valence-electron chi connectivity index (χ3n) is 1.82. The predicted molar refractivity (Wildman–Crippen MR) is 55.1 cm³/mol. The molecule has 0 spiro atoms. The van der Waals surface area contributed by atoms with Crippen LogP contribution in [0, 0.1) is 6.92 Å². The highest BCUT2D eigenvalue weighted by atomic mass is 35.5. The second-order valence-electron chi connectivity index (χ2n) is 2.75. The summed E-state index contributed by atoms with van der Waals surface area (Å²) in [6.07, 6.45) is 0. The molecule has 0 saturated heterocycles. The van der Waals surface area contributed by atoms with E-state index in [1.165, 1.54) is 11.5 Å². The van der Waals surface area contributed by atoms with Gasteiger partial charge in [0, 0.05) is 16.0 Å². The Bertz CT molecular complexity index is 412. The van der Waals surface area contributed by atoms with E-state index in [1.54, 1.807) is 0 Å². The molecule has 0 fully saturated rings. The molecule has 0 bridgehead atoms. The van der Waals surface area contributed by atoms with E-state index in [-0.39, 0.29) is 0 Å². The molecule has 0 saturated carbocycles. The molecular formula is C9H7ClN2S. The molecule has 1 aromatic carbocycles. The average Bonchev–Trinajstić information content (AvgIpc) is 2.56. The summed E-state index contributed by atoms with van der Waals surface area (Å²) >= 11 is 7.20. The zero-order valence-electron chi connectivity index (χ0n) is 6.99. The molecule has 1 heterocycles. The second-order valence-corrected chi connectivity index (χ2v) is 3.80. The third kappa shape index (κ3) is 1.71. The lowest BCUT2D eigenvalue weighted by Crippen LogP contribution is -1.83. The van der Waals surface area contributed by atoms with E-state index >= 15 is 0 Å². The Hall–Kier alpha value is -0.930. The van der Waals surface area contributed by atoms with Gasteiger partial charge in [-0.3, -0.25) is 0 Å². The summed E-state index contributed by atoms with van der Waals surface area (Å²) in [6, 6.07) is 5.76. The van der Waals surface area contributed by atoms with Gasteiger partial charge in [0.15, 0.2) is 0 Å². The summed E-state index contributed by atoms with van der Waals surface area (Å²) in [5.41, 5.74) is 3.14. The Morgan fingerprint density at radius 1 is 1.38 bits per heavy atom. The first-order valence-corrected chi connectivity index (χ1v) is 5.02. The van der Waals surface area contributed by atoms with Crippen molar-refractivity contribution in [2.75, 3.05) is 0 Å². The highest BCUT2D eigenvalue weighted by Gasteiger charge is 2.04. The molecule has 0 N–H and O–H groups in total. The lowest BCUT2D eigenvalue weighted by molar-refractivity contribution is 1.16. The zero-order valence-corrected chi connectivity index (χ0v) is 8.56. The van der Waals surface area contributed by atoms with Gasteiger partial charge in [-0.05, 0) is 36.2 Å². The van der Waals surface area contributed by atoms with Gasteiger partial charge in [-0.1, -0.05) is 22.2 Å². The Balaban J connectivity index is 2.53. The van der Waals surface area contributed by atoms with Crippen LogP contribution in [0.3, 0.4) is 0 Å². The molecule has 0 amide bonds. The van der Waals surface area contributed by atoms with Crippen LogP contribution in [0.5, 0.6) is 0 Å². The Morgan fingerprint density at radius 2 is 2.23 bits per heavy atom. The number of rotatable bonds is 1. The van der Waals surface area contributed by atoms with Gasteiger partial charge in [0.25, 0.3) is 0 Å². The van der Waals surface area contributed by atoms with Crippen molar-refractivity contribution in [3.05, 3.63) is 34.2 Å². The number of halogens is 1. The largest absolute Gasteiger partial charge is 0.138 e. The van der Waals surface area contributed by atoms with E-state index in [9.17, 15) is 0 Å². The van der Waals surface area contributed by atoms with Gasteiger partial charge in [0.05, 0.1) is 0 Å². The van der Waals surface area contributed by atoms with Crippen molar-refractivity contribution >= 4 is 23.1 Å². The normalized spacial score (nSPS) is 10.3. The smallest absolute Gasteiger partial charge is 0.106 e. The second kappa shape index (κ2) is 3.44. The number of nitrogens with zero attached hydrogens (tertiary/aromatic N) is 2. The van der Waals surface area contributed by atoms with E-state index in [0.717, 1.165) is 21.8 Å². The van der Waals surface area contributed by atoms with Crippen LogP contribution in [0.15, 0.2) is 23.6 Å². The van der Waals surface area contributed by atoms with Crippen molar-refractivity contribution in [2.24, 2.45) is 0 Å². The summed E-state index contributed by atoms with van der Waals surface area (Å²) in [4.78, 5) is 0. The standard InChI is InChI=1S/C9H7ClN2S/c1-6-4-7(10)2-3-8(6)9-5-13-12-11-9/h2-5H,1H3. The van der Waals surface area contributed by atoms with Crippen molar-refractivity contribution in [3.8, 4) is 11.3 Å². The molecule has 2 rings (SSSR count). The topological polar surface area (TPSA) is 25.8 Å². The Labute approximate surface area is 85.3 Å². The quantitative estimate of drug-likeness (QED) is 0.723. The van der Waals surface area contributed by atoms with E-state index in [2.05, 4.69) is 9.59 Å². The maximum absolute atomic E-state index is 5.84. The lowest BCUT2D eigenvalue weighted by atomic mass is 10.1. The molecular weight excluding hydrogens is 204 g/mol. The van der Waals surface area contributed by atoms with Gasteiger partial charge in [0.2, 0.25) is 0 Å². The van der Waals surface area contributed by atoms with Gasteiger partial charge >= 0.3 is 0 Å². The van der Waals surface area contributed by atoms with Gasteiger partial charge in [0.1, 0.15) is 5.69 Å². The Morgan fingerprint density at radius 3 is 2.85 bits per heavy atom. The lowest BCUT2D eigenvalue weighted by Gasteiger charge is -2.01. The van der Waals surface area contributed by atoms with Gasteiger partial charge in [-0.25, -0.2) is 0 Å². The first kappa shape index (κ1) is 8.66. The van der Waals surface area contributed by atoms with Crippen LogP contribution >= 0.6 is 23.1 Å².